The third-order valence-corrected chi connectivity index (χ3v) is 7.23. The maximum Gasteiger partial charge on any atom is 0.308 e. The first kappa shape index (κ1) is 20.5. The number of nitrogens with one attached hydrogen (secondary N) is 1. The Balaban J connectivity index is 1.37. The number of carboxylic acids is 1. The molecule has 2 bridgehead atoms. The Morgan fingerprint density at radius 2 is 1.74 bits per heavy atom. The molecule has 1 aliphatic heterocycles. The molecule has 0 amide bonds. The lowest BCUT2D eigenvalue weighted by atomic mass is 9.61. The normalized spacial score (nSPS) is 27.8. The molecule has 4 aliphatic rings. The number of aliphatic carboxylic acids is 1. The fourth-order valence-electron chi connectivity index (χ4n) is 5.49. The summed E-state index contributed by atoms with van der Waals surface area (Å²) in [6, 6.07) is 10.0. The van der Waals surface area contributed by atoms with Crippen LogP contribution < -0.4 is 10.2 Å². The molecule has 2 heterocycles. The van der Waals surface area contributed by atoms with Crippen LogP contribution in [0.5, 0.6) is 0 Å². The highest BCUT2D eigenvalue weighted by Crippen LogP contribution is 2.46. The zero-order valence-electron chi connectivity index (χ0n) is 17.3. The lowest BCUT2D eigenvalue weighted by Gasteiger charge is -2.47. The second-order valence-electron chi connectivity index (χ2n) is 8.76. The van der Waals surface area contributed by atoms with Gasteiger partial charge in [0.25, 0.3) is 0 Å². The van der Waals surface area contributed by atoms with Gasteiger partial charge >= 0.3 is 5.97 Å². The SMILES string of the molecule is O=C(O)C1C2CCC(CC2)C1Nc1cc(-c2ccc(N3CCOCC3)cc2)nc(Cl)n1. The quantitative estimate of drug-likeness (QED) is 0.678. The van der Waals surface area contributed by atoms with E-state index in [2.05, 4.69) is 32.3 Å². The summed E-state index contributed by atoms with van der Waals surface area (Å²) in [5.41, 5.74) is 2.83. The van der Waals surface area contributed by atoms with Gasteiger partial charge in [-0.25, -0.2) is 9.97 Å². The van der Waals surface area contributed by atoms with E-state index in [0.717, 1.165) is 68.9 Å². The van der Waals surface area contributed by atoms with Crippen LogP contribution in [0, 0.1) is 17.8 Å². The maximum absolute atomic E-state index is 12.0. The Labute approximate surface area is 186 Å². The lowest BCUT2D eigenvalue weighted by Crippen LogP contribution is -2.51. The molecule has 1 saturated heterocycles. The highest BCUT2D eigenvalue weighted by molar-refractivity contribution is 6.28. The highest BCUT2D eigenvalue weighted by Gasteiger charge is 2.47. The number of ether oxygens (including phenoxy) is 1. The monoisotopic (exact) mass is 442 g/mol. The molecule has 2 atom stereocenters. The van der Waals surface area contributed by atoms with Gasteiger partial charge in [0.2, 0.25) is 5.28 Å². The van der Waals surface area contributed by atoms with Crippen LogP contribution in [0.4, 0.5) is 11.5 Å². The lowest BCUT2D eigenvalue weighted by molar-refractivity contribution is -0.148. The summed E-state index contributed by atoms with van der Waals surface area (Å²) in [4.78, 5) is 23.0. The van der Waals surface area contributed by atoms with Crippen LogP contribution in [0.25, 0.3) is 11.3 Å². The highest BCUT2D eigenvalue weighted by atomic mass is 35.5. The molecule has 1 aromatic carbocycles. The van der Waals surface area contributed by atoms with E-state index in [1.54, 1.807) is 0 Å². The zero-order chi connectivity index (χ0) is 21.4. The smallest absolute Gasteiger partial charge is 0.308 e. The molecule has 8 heteroatoms. The number of carboxylic acid groups (broad SMARTS) is 1. The van der Waals surface area contributed by atoms with Crippen molar-refractivity contribution in [2.24, 2.45) is 17.8 Å². The van der Waals surface area contributed by atoms with Gasteiger partial charge in [0.15, 0.2) is 0 Å². The molecule has 4 fully saturated rings. The summed E-state index contributed by atoms with van der Waals surface area (Å²) < 4.78 is 5.43. The van der Waals surface area contributed by atoms with Crippen molar-refractivity contribution in [3.05, 3.63) is 35.6 Å². The summed E-state index contributed by atoms with van der Waals surface area (Å²) in [6.45, 7) is 3.28. The number of nitrogens with zero attached hydrogens (tertiary/aromatic N) is 3. The van der Waals surface area contributed by atoms with Crippen LogP contribution in [-0.4, -0.2) is 53.4 Å². The molecule has 164 valence electrons. The second kappa shape index (κ2) is 8.63. The molecule has 2 aromatic rings. The first-order chi connectivity index (χ1) is 15.1. The van der Waals surface area contributed by atoms with Crippen LogP contribution in [0.3, 0.4) is 0 Å². The molecule has 1 aromatic heterocycles. The van der Waals surface area contributed by atoms with Crippen molar-refractivity contribution in [3.8, 4) is 11.3 Å². The van der Waals surface area contributed by atoms with Gasteiger partial charge < -0.3 is 20.1 Å². The van der Waals surface area contributed by atoms with Gasteiger partial charge in [0.1, 0.15) is 5.82 Å². The van der Waals surface area contributed by atoms with Crippen LogP contribution in [0.1, 0.15) is 25.7 Å². The number of carbonyl (C=O) groups is 1. The summed E-state index contributed by atoms with van der Waals surface area (Å²) >= 11 is 6.25. The molecule has 0 spiro atoms. The number of rotatable bonds is 5. The van der Waals surface area contributed by atoms with E-state index in [9.17, 15) is 9.90 Å². The van der Waals surface area contributed by atoms with Crippen LogP contribution in [0.2, 0.25) is 5.28 Å². The van der Waals surface area contributed by atoms with Gasteiger partial charge in [-0.15, -0.1) is 0 Å². The largest absolute Gasteiger partial charge is 0.481 e. The predicted octanol–water partition coefficient (Wildman–Crippen LogP) is 3.93. The molecule has 3 aliphatic carbocycles. The Kier molecular flexibility index (Phi) is 5.71. The van der Waals surface area contributed by atoms with Gasteiger partial charge in [-0.3, -0.25) is 4.79 Å². The van der Waals surface area contributed by atoms with Crippen LogP contribution >= 0.6 is 11.6 Å². The molecule has 31 heavy (non-hydrogen) atoms. The van der Waals surface area contributed by atoms with E-state index in [1.807, 2.05) is 18.2 Å². The van der Waals surface area contributed by atoms with Gasteiger partial charge in [0.05, 0.1) is 24.8 Å². The molecule has 0 radical (unpaired) electrons. The van der Waals surface area contributed by atoms with Crippen molar-refractivity contribution in [2.75, 3.05) is 36.5 Å². The number of anilines is 2. The number of halogens is 1. The Morgan fingerprint density at radius 3 is 2.42 bits per heavy atom. The third-order valence-electron chi connectivity index (χ3n) is 7.06. The number of benzene rings is 1. The number of fused-ring (bicyclic) bond motifs is 3. The molecular weight excluding hydrogens is 416 g/mol. The summed E-state index contributed by atoms with van der Waals surface area (Å²) in [5, 5.41) is 13.4. The zero-order valence-corrected chi connectivity index (χ0v) is 18.1. The minimum atomic E-state index is -0.717. The van der Waals surface area contributed by atoms with Crippen LogP contribution in [0.15, 0.2) is 30.3 Å². The minimum absolute atomic E-state index is 0.118. The van der Waals surface area contributed by atoms with E-state index < -0.39 is 5.97 Å². The third kappa shape index (κ3) is 4.21. The standard InChI is InChI=1S/C23H27ClN4O3/c24-23-25-18(14-5-7-17(8-6-14)28-9-11-31-12-10-28)13-19(27-23)26-21-16-3-1-15(2-4-16)20(21)22(29)30/h5-8,13,15-16,20-21H,1-4,9-12H2,(H,29,30)(H,25,26,27). The summed E-state index contributed by atoms with van der Waals surface area (Å²) in [6.07, 6.45) is 4.15. The van der Waals surface area contributed by atoms with Crippen molar-refractivity contribution in [3.63, 3.8) is 0 Å². The number of hydrogen-bond donors (Lipinski definition) is 2. The molecule has 2 N–H and O–H groups in total. The van der Waals surface area contributed by atoms with E-state index in [0.29, 0.717) is 11.7 Å². The number of hydrogen-bond acceptors (Lipinski definition) is 6. The fraction of sp³-hybridized carbons (Fsp3) is 0.522. The Morgan fingerprint density at radius 1 is 1.06 bits per heavy atom. The van der Waals surface area contributed by atoms with E-state index in [1.165, 1.54) is 0 Å². The van der Waals surface area contributed by atoms with Crippen LogP contribution in [-0.2, 0) is 9.53 Å². The molecule has 7 nitrogen and oxygen atoms in total. The van der Waals surface area contributed by atoms with E-state index >= 15 is 0 Å². The Bertz CT molecular complexity index is 940. The molecule has 2 unspecified atom stereocenters. The average molecular weight is 443 g/mol. The van der Waals surface area contributed by atoms with Crippen molar-refractivity contribution >= 4 is 29.1 Å². The fourth-order valence-corrected chi connectivity index (χ4v) is 5.67. The van der Waals surface area contributed by atoms with Gasteiger partial charge in [-0.2, -0.15) is 0 Å². The van der Waals surface area contributed by atoms with Gasteiger partial charge in [-0.1, -0.05) is 12.1 Å². The molecular formula is C23H27ClN4O3. The van der Waals surface area contributed by atoms with E-state index in [4.69, 9.17) is 16.3 Å². The van der Waals surface area contributed by atoms with E-state index in [-0.39, 0.29) is 23.2 Å². The van der Waals surface area contributed by atoms with Gasteiger partial charge in [-0.05, 0) is 61.3 Å². The number of morpholine rings is 1. The summed E-state index contributed by atoms with van der Waals surface area (Å²) in [7, 11) is 0. The topological polar surface area (TPSA) is 87.6 Å². The van der Waals surface area contributed by atoms with Gasteiger partial charge in [0, 0.05) is 36.4 Å². The summed E-state index contributed by atoms with van der Waals surface area (Å²) in [5.74, 6) is 0.0974. The molecule has 3 saturated carbocycles. The van der Waals surface area contributed by atoms with Crippen molar-refractivity contribution < 1.29 is 14.6 Å². The minimum Gasteiger partial charge on any atom is -0.481 e. The van der Waals surface area contributed by atoms with Crippen molar-refractivity contribution in [1.82, 2.24) is 9.97 Å². The maximum atomic E-state index is 12.0. The number of aromatic nitrogens is 2. The second-order valence-corrected chi connectivity index (χ2v) is 9.10. The first-order valence-corrected chi connectivity index (χ1v) is 11.4. The predicted molar refractivity (Wildman–Crippen MR) is 119 cm³/mol. The van der Waals surface area contributed by atoms with Crippen molar-refractivity contribution in [2.45, 2.75) is 31.7 Å². The molecule has 6 rings (SSSR count). The van der Waals surface area contributed by atoms with Crippen molar-refractivity contribution in [1.29, 1.82) is 0 Å². The average Bonchev–Trinajstić information content (AvgIpc) is 2.80. The Hall–Kier alpha value is -2.38. The first-order valence-electron chi connectivity index (χ1n) is 11.1.